The Morgan fingerprint density at radius 2 is 1.82 bits per heavy atom. The fraction of sp³-hybridized carbons (Fsp3) is 0.600. The lowest BCUT2D eigenvalue weighted by Gasteiger charge is -2.40. The Kier molecular flexibility index (Phi) is 4.11. The van der Waals surface area contributed by atoms with E-state index in [2.05, 4.69) is 38.2 Å². The Bertz CT molecular complexity index is 369. The van der Waals surface area contributed by atoms with Crippen LogP contribution in [0, 0.1) is 11.8 Å². The largest absolute Gasteiger partial charge is 0.307 e. The van der Waals surface area contributed by atoms with Gasteiger partial charge in [-0.15, -0.1) is 0 Å². The van der Waals surface area contributed by atoms with Gasteiger partial charge in [0, 0.05) is 17.1 Å². The van der Waals surface area contributed by atoms with Gasteiger partial charge in [0.25, 0.3) is 0 Å². The summed E-state index contributed by atoms with van der Waals surface area (Å²) in [5.74, 6) is 1.73. The summed E-state index contributed by atoms with van der Waals surface area (Å²) in [5.41, 5.74) is 1.21. The summed E-state index contributed by atoms with van der Waals surface area (Å²) in [4.78, 5) is 0. The molecule has 1 aliphatic rings. The molecule has 17 heavy (non-hydrogen) atoms. The van der Waals surface area contributed by atoms with Crippen LogP contribution in [0.25, 0.3) is 0 Å². The van der Waals surface area contributed by atoms with Crippen molar-refractivity contribution in [3.8, 4) is 0 Å². The lowest BCUT2D eigenvalue weighted by molar-refractivity contribution is 0.159. The van der Waals surface area contributed by atoms with Gasteiger partial charge in [-0.3, -0.25) is 0 Å². The molecule has 1 atom stereocenters. The zero-order chi connectivity index (χ0) is 12.4. The van der Waals surface area contributed by atoms with E-state index in [1.165, 1.54) is 18.4 Å². The van der Waals surface area contributed by atoms with Crippen molar-refractivity contribution in [2.24, 2.45) is 11.8 Å². The number of nitrogens with one attached hydrogen (secondary N) is 1. The molecule has 0 aromatic heterocycles. The molecule has 1 saturated carbocycles. The van der Waals surface area contributed by atoms with Crippen molar-refractivity contribution < 1.29 is 0 Å². The first-order valence-corrected chi connectivity index (χ1v) is 6.96. The predicted molar refractivity (Wildman–Crippen MR) is 74.4 cm³/mol. The van der Waals surface area contributed by atoms with Gasteiger partial charge in [0.2, 0.25) is 0 Å². The van der Waals surface area contributed by atoms with Crippen LogP contribution >= 0.6 is 11.6 Å². The van der Waals surface area contributed by atoms with Crippen molar-refractivity contribution in [2.45, 2.75) is 45.7 Å². The molecule has 1 unspecified atom stereocenters. The van der Waals surface area contributed by atoms with Crippen LogP contribution in [0.3, 0.4) is 0 Å². The summed E-state index contributed by atoms with van der Waals surface area (Å²) in [6.07, 6.45) is 2.62. The second kappa shape index (κ2) is 5.41. The fourth-order valence-corrected chi connectivity index (χ4v) is 2.91. The summed E-state index contributed by atoms with van der Waals surface area (Å²) in [5, 5.41) is 4.54. The van der Waals surface area contributed by atoms with Crippen LogP contribution < -0.4 is 5.32 Å². The van der Waals surface area contributed by atoms with E-state index in [0.717, 1.165) is 16.9 Å². The molecule has 1 fully saturated rings. The second-order valence-corrected chi connectivity index (χ2v) is 5.99. The van der Waals surface area contributed by atoms with Crippen LogP contribution in [0.1, 0.15) is 45.2 Å². The Balaban J connectivity index is 1.87. The van der Waals surface area contributed by atoms with Gasteiger partial charge in [-0.2, -0.15) is 0 Å². The average molecular weight is 252 g/mol. The molecule has 0 amide bonds. The molecule has 0 spiro atoms. The molecule has 2 heteroatoms. The Morgan fingerprint density at radius 3 is 2.41 bits per heavy atom. The number of rotatable bonds is 4. The minimum absolute atomic E-state index is 0.349. The van der Waals surface area contributed by atoms with Crippen LogP contribution in [0.4, 0.5) is 0 Å². The van der Waals surface area contributed by atoms with Gasteiger partial charge >= 0.3 is 0 Å². The first-order valence-electron chi connectivity index (χ1n) is 6.58. The van der Waals surface area contributed by atoms with Gasteiger partial charge in [0.15, 0.2) is 0 Å². The van der Waals surface area contributed by atoms with Crippen molar-refractivity contribution in [1.82, 2.24) is 5.32 Å². The molecule has 0 radical (unpaired) electrons. The highest BCUT2D eigenvalue weighted by atomic mass is 35.5. The normalized spacial score (nSPS) is 25.7. The van der Waals surface area contributed by atoms with Gasteiger partial charge in [-0.05, 0) is 43.2 Å². The van der Waals surface area contributed by atoms with Gasteiger partial charge < -0.3 is 5.32 Å². The fourth-order valence-electron chi connectivity index (χ4n) is 2.61. The van der Waals surface area contributed by atoms with Gasteiger partial charge in [0.1, 0.15) is 0 Å². The summed E-state index contributed by atoms with van der Waals surface area (Å²) in [6.45, 7) is 6.83. The third-order valence-corrected chi connectivity index (χ3v) is 4.32. The zero-order valence-corrected chi connectivity index (χ0v) is 11.7. The highest BCUT2D eigenvalue weighted by molar-refractivity contribution is 6.31. The topological polar surface area (TPSA) is 12.0 Å². The van der Waals surface area contributed by atoms with Crippen molar-refractivity contribution in [1.29, 1.82) is 0 Å². The van der Waals surface area contributed by atoms with Crippen LogP contribution in [0.2, 0.25) is 5.02 Å². The van der Waals surface area contributed by atoms with E-state index >= 15 is 0 Å². The SMILES string of the molecule is CC(NC1CC(C(C)C)C1)c1ccccc1Cl. The van der Waals surface area contributed by atoms with E-state index in [9.17, 15) is 0 Å². The Hall–Kier alpha value is -0.530. The third kappa shape index (κ3) is 3.02. The van der Waals surface area contributed by atoms with Gasteiger partial charge in [0.05, 0.1) is 0 Å². The molecule has 1 N–H and O–H groups in total. The first kappa shape index (κ1) is 12.9. The number of benzene rings is 1. The highest BCUT2D eigenvalue weighted by Crippen LogP contribution is 2.35. The third-order valence-electron chi connectivity index (χ3n) is 3.97. The molecule has 1 nitrogen and oxygen atoms in total. The van der Waals surface area contributed by atoms with E-state index < -0.39 is 0 Å². The second-order valence-electron chi connectivity index (χ2n) is 5.58. The first-order chi connectivity index (χ1) is 8.08. The van der Waals surface area contributed by atoms with Gasteiger partial charge in [-0.1, -0.05) is 43.6 Å². The van der Waals surface area contributed by atoms with Crippen molar-refractivity contribution in [3.05, 3.63) is 34.9 Å². The zero-order valence-electron chi connectivity index (χ0n) is 10.9. The molecule has 2 rings (SSSR count). The van der Waals surface area contributed by atoms with Gasteiger partial charge in [-0.25, -0.2) is 0 Å². The minimum atomic E-state index is 0.349. The van der Waals surface area contributed by atoms with Crippen LogP contribution in [-0.2, 0) is 0 Å². The molecule has 0 heterocycles. The smallest absolute Gasteiger partial charge is 0.0453 e. The monoisotopic (exact) mass is 251 g/mol. The van der Waals surface area contributed by atoms with E-state index in [1.807, 2.05) is 12.1 Å². The maximum Gasteiger partial charge on any atom is 0.0453 e. The Morgan fingerprint density at radius 1 is 1.18 bits per heavy atom. The number of hydrogen-bond donors (Lipinski definition) is 1. The van der Waals surface area contributed by atoms with E-state index in [1.54, 1.807) is 0 Å². The molecule has 1 aliphatic carbocycles. The van der Waals surface area contributed by atoms with Crippen molar-refractivity contribution in [2.75, 3.05) is 0 Å². The van der Waals surface area contributed by atoms with Crippen LogP contribution in [0.15, 0.2) is 24.3 Å². The summed E-state index contributed by atoms with van der Waals surface area (Å²) in [7, 11) is 0. The molecule has 1 aromatic rings. The molecular formula is C15H22ClN. The van der Waals surface area contributed by atoms with E-state index in [4.69, 9.17) is 11.6 Å². The summed E-state index contributed by atoms with van der Waals surface area (Å²) in [6, 6.07) is 9.13. The highest BCUT2D eigenvalue weighted by Gasteiger charge is 2.31. The predicted octanol–water partition coefficient (Wildman–Crippen LogP) is 4.43. The maximum atomic E-state index is 6.20. The summed E-state index contributed by atoms with van der Waals surface area (Å²) < 4.78 is 0. The van der Waals surface area contributed by atoms with E-state index in [-0.39, 0.29) is 0 Å². The lowest BCUT2D eigenvalue weighted by Crippen LogP contribution is -2.44. The van der Waals surface area contributed by atoms with Crippen molar-refractivity contribution >= 4 is 11.6 Å². The minimum Gasteiger partial charge on any atom is -0.307 e. The van der Waals surface area contributed by atoms with Crippen LogP contribution in [0.5, 0.6) is 0 Å². The average Bonchev–Trinajstić information content (AvgIpc) is 2.22. The molecule has 94 valence electrons. The molecule has 0 saturated heterocycles. The lowest BCUT2D eigenvalue weighted by atomic mass is 9.73. The number of hydrogen-bond acceptors (Lipinski definition) is 1. The molecule has 0 aliphatic heterocycles. The maximum absolute atomic E-state index is 6.20. The van der Waals surface area contributed by atoms with E-state index in [0.29, 0.717) is 12.1 Å². The molecular weight excluding hydrogens is 230 g/mol. The standard InChI is InChI=1S/C15H22ClN/c1-10(2)12-8-13(9-12)17-11(3)14-6-4-5-7-15(14)16/h4-7,10-13,17H,8-9H2,1-3H3. The quantitative estimate of drug-likeness (QED) is 0.835. The van der Waals surface area contributed by atoms with Crippen molar-refractivity contribution in [3.63, 3.8) is 0 Å². The summed E-state index contributed by atoms with van der Waals surface area (Å²) >= 11 is 6.20. The number of halogens is 1. The molecule has 1 aromatic carbocycles. The molecule has 0 bridgehead atoms. The Labute approximate surface area is 110 Å². The van der Waals surface area contributed by atoms with Crippen LogP contribution in [-0.4, -0.2) is 6.04 Å².